The van der Waals surface area contributed by atoms with Gasteiger partial charge in [0.05, 0.1) is 18.6 Å². The van der Waals surface area contributed by atoms with Crippen LogP contribution in [0.3, 0.4) is 0 Å². The van der Waals surface area contributed by atoms with Crippen LogP contribution >= 0.6 is 15.9 Å². The van der Waals surface area contributed by atoms with Gasteiger partial charge >= 0.3 is 0 Å². The summed E-state index contributed by atoms with van der Waals surface area (Å²) in [6.45, 7) is 1.89. The molecule has 0 saturated carbocycles. The number of ether oxygens (including phenoxy) is 1. The van der Waals surface area contributed by atoms with E-state index in [0.29, 0.717) is 19.6 Å². The molecule has 6 heteroatoms. The van der Waals surface area contributed by atoms with Gasteiger partial charge in [-0.05, 0) is 17.7 Å². The maximum Gasteiger partial charge on any atom is 0.249 e. The second kappa shape index (κ2) is 7.57. The zero-order valence-corrected chi connectivity index (χ0v) is 14.2. The molecule has 1 aromatic carbocycles. The van der Waals surface area contributed by atoms with Gasteiger partial charge in [-0.2, -0.15) is 0 Å². The van der Waals surface area contributed by atoms with E-state index in [1.165, 1.54) is 0 Å². The summed E-state index contributed by atoms with van der Waals surface area (Å²) in [4.78, 5) is 16.0. The quantitative estimate of drug-likeness (QED) is 0.872. The highest BCUT2D eigenvalue weighted by atomic mass is 79.9. The van der Waals surface area contributed by atoms with E-state index in [-0.39, 0.29) is 5.91 Å². The van der Waals surface area contributed by atoms with Crippen LogP contribution in [0.25, 0.3) is 6.08 Å². The Kier molecular flexibility index (Phi) is 5.25. The van der Waals surface area contributed by atoms with Crippen molar-refractivity contribution in [2.45, 2.75) is 19.1 Å². The molecule has 1 amide bonds. The van der Waals surface area contributed by atoms with Gasteiger partial charge in [-0.3, -0.25) is 4.79 Å². The van der Waals surface area contributed by atoms with E-state index in [9.17, 15) is 4.79 Å². The van der Waals surface area contributed by atoms with Crippen molar-refractivity contribution in [3.8, 4) is 0 Å². The molecule has 1 saturated heterocycles. The Hall–Kier alpha value is -1.92. The molecule has 1 N–H and O–H groups in total. The van der Waals surface area contributed by atoms with E-state index in [1.54, 1.807) is 6.33 Å². The molecular formula is C17H18BrN3O2. The lowest BCUT2D eigenvalue weighted by Crippen LogP contribution is -2.45. The maximum absolute atomic E-state index is 11.7. The molecule has 120 valence electrons. The number of aromatic nitrogens is 2. The number of benzene rings is 1. The highest BCUT2D eigenvalue weighted by Gasteiger charge is 2.23. The van der Waals surface area contributed by atoms with Gasteiger partial charge in [-0.25, -0.2) is 4.98 Å². The Labute approximate surface area is 143 Å². The van der Waals surface area contributed by atoms with Crippen molar-refractivity contribution in [2.75, 3.05) is 13.2 Å². The van der Waals surface area contributed by atoms with Gasteiger partial charge in [0.15, 0.2) is 0 Å². The van der Waals surface area contributed by atoms with Crippen molar-refractivity contribution in [3.05, 3.63) is 58.6 Å². The molecule has 0 spiro atoms. The number of hydrogen-bond acceptors (Lipinski definition) is 3. The highest BCUT2D eigenvalue weighted by molar-refractivity contribution is 9.10. The number of imidazole rings is 1. The largest absolute Gasteiger partial charge is 0.366 e. The van der Waals surface area contributed by atoms with Gasteiger partial charge < -0.3 is 14.6 Å². The molecule has 1 fully saturated rings. The molecule has 1 atom stereocenters. The minimum Gasteiger partial charge on any atom is -0.366 e. The number of carbonyl (C=O) groups excluding carboxylic acids is 1. The van der Waals surface area contributed by atoms with Crippen molar-refractivity contribution < 1.29 is 9.53 Å². The standard InChI is InChI=1S/C17H18BrN3O2/c18-14-5-3-13(4-6-14)2-1-8-21-11-15(20-12-21)10-16-17(22)19-7-9-23-16/h1-6,11-12,16H,7-10H2,(H,19,22)/b2-1-/t16-/m0/s1. The molecule has 2 aromatic rings. The van der Waals surface area contributed by atoms with E-state index in [1.807, 2.05) is 22.9 Å². The molecular weight excluding hydrogens is 358 g/mol. The molecule has 1 aromatic heterocycles. The minimum atomic E-state index is -0.426. The van der Waals surface area contributed by atoms with Gasteiger partial charge in [0.2, 0.25) is 5.91 Å². The van der Waals surface area contributed by atoms with Crippen LogP contribution < -0.4 is 5.32 Å². The first-order chi connectivity index (χ1) is 11.2. The number of carbonyl (C=O) groups is 1. The molecule has 0 aliphatic carbocycles. The molecule has 0 bridgehead atoms. The third kappa shape index (κ3) is 4.53. The van der Waals surface area contributed by atoms with Crippen molar-refractivity contribution in [3.63, 3.8) is 0 Å². The average molecular weight is 376 g/mol. The first-order valence-electron chi connectivity index (χ1n) is 7.53. The molecule has 0 radical (unpaired) electrons. The average Bonchev–Trinajstić information content (AvgIpc) is 2.99. The summed E-state index contributed by atoms with van der Waals surface area (Å²) < 4.78 is 8.54. The van der Waals surface area contributed by atoms with Crippen LogP contribution in [0.1, 0.15) is 11.3 Å². The van der Waals surface area contributed by atoms with Gasteiger partial charge in [0.1, 0.15) is 6.10 Å². The van der Waals surface area contributed by atoms with Crippen LogP contribution in [0.15, 0.2) is 47.3 Å². The lowest BCUT2D eigenvalue weighted by molar-refractivity contribution is -0.137. The normalized spacial score (nSPS) is 18.3. The lowest BCUT2D eigenvalue weighted by Gasteiger charge is -2.21. The number of halogens is 1. The number of amides is 1. The van der Waals surface area contributed by atoms with Crippen LogP contribution in [0.4, 0.5) is 0 Å². The van der Waals surface area contributed by atoms with Crippen molar-refractivity contribution in [1.29, 1.82) is 0 Å². The fourth-order valence-corrected chi connectivity index (χ4v) is 2.67. The second-order valence-electron chi connectivity index (χ2n) is 5.37. The molecule has 2 heterocycles. The third-order valence-corrected chi connectivity index (χ3v) is 4.12. The smallest absolute Gasteiger partial charge is 0.249 e. The summed E-state index contributed by atoms with van der Waals surface area (Å²) in [6.07, 6.45) is 7.97. The Morgan fingerprint density at radius 3 is 3.00 bits per heavy atom. The van der Waals surface area contributed by atoms with Crippen molar-refractivity contribution in [2.24, 2.45) is 0 Å². The molecule has 3 rings (SSSR count). The van der Waals surface area contributed by atoms with Gasteiger partial charge in [-0.1, -0.05) is 40.2 Å². The highest BCUT2D eigenvalue weighted by Crippen LogP contribution is 2.12. The molecule has 1 aliphatic rings. The van der Waals surface area contributed by atoms with Gasteiger partial charge in [-0.15, -0.1) is 0 Å². The molecule has 0 unspecified atom stereocenters. The first-order valence-corrected chi connectivity index (χ1v) is 8.32. The predicted molar refractivity (Wildman–Crippen MR) is 91.9 cm³/mol. The summed E-state index contributed by atoms with van der Waals surface area (Å²) in [5.41, 5.74) is 2.02. The summed E-state index contributed by atoms with van der Waals surface area (Å²) in [7, 11) is 0. The van der Waals surface area contributed by atoms with Crippen LogP contribution in [0.2, 0.25) is 0 Å². The molecule has 5 nitrogen and oxygen atoms in total. The third-order valence-electron chi connectivity index (χ3n) is 3.59. The van der Waals surface area contributed by atoms with Crippen molar-refractivity contribution >= 4 is 27.9 Å². The Morgan fingerprint density at radius 2 is 2.22 bits per heavy atom. The van der Waals surface area contributed by atoms with Crippen LogP contribution in [0, 0.1) is 0 Å². The zero-order chi connectivity index (χ0) is 16.1. The lowest BCUT2D eigenvalue weighted by atomic mass is 10.2. The Balaban J connectivity index is 1.54. The number of allylic oxidation sites excluding steroid dienone is 1. The summed E-state index contributed by atoms with van der Waals surface area (Å²) in [5, 5.41) is 2.80. The summed E-state index contributed by atoms with van der Waals surface area (Å²) >= 11 is 3.42. The van der Waals surface area contributed by atoms with E-state index >= 15 is 0 Å². The topological polar surface area (TPSA) is 56.1 Å². The Morgan fingerprint density at radius 1 is 1.39 bits per heavy atom. The predicted octanol–water partition coefficient (Wildman–Crippen LogP) is 2.42. The van der Waals surface area contributed by atoms with E-state index < -0.39 is 6.10 Å². The Bertz CT molecular complexity index is 694. The fraction of sp³-hybridized carbons (Fsp3) is 0.294. The number of morpholine rings is 1. The van der Waals surface area contributed by atoms with Gasteiger partial charge in [0.25, 0.3) is 0 Å². The van der Waals surface area contributed by atoms with Crippen molar-refractivity contribution in [1.82, 2.24) is 14.9 Å². The zero-order valence-electron chi connectivity index (χ0n) is 12.6. The van der Waals surface area contributed by atoms with Crippen LogP contribution in [-0.2, 0) is 22.5 Å². The number of rotatable bonds is 5. The second-order valence-corrected chi connectivity index (χ2v) is 6.29. The van der Waals surface area contributed by atoms with E-state index in [2.05, 4.69) is 50.5 Å². The maximum atomic E-state index is 11.7. The first kappa shape index (κ1) is 16.0. The monoisotopic (exact) mass is 375 g/mol. The van der Waals surface area contributed by atoms with Gasteiger partial charge in [0, 0.05) is 30.2 Å². The number of hydrogen-bond donors (Lipinski definition) is 1. The molecule has 1 aliphatic heterocycles. The number of nitrogens with one attached hydrogen (secondary N) is 1. The fourth-order valence-electron chi connectivity index (χ4n) is 2.40. The van der Waals surface area contributed by atoms with E-state index in [0.717, 1.165) is 22.3 Å². The minimum absolute atomic E-state index is 0.0547. The SMILES string of the molecule is O=C1NCCO[C@H]1Cc1cn(C/C=C\c2ccc(Br)cc2)cn1. The summed E-state index contributed by atoms with van der Waals surface area (Å²) in [5.74, 6) is -0.0547. The molecule has 23 heavy (non-hydrogen) atoms. The van der Waals surface area contributed by atoms with Crippen LogP contribution in [-0.4, -0.2) is 34.7 Å². The summed E-state index contributed by atoms with van der Waals surface area (Å²) in [6, 6.07) is 8.15. The van der Waals surface area contributed by atoms with E-state index in [4.69, 9.17) is 4.74 Å². The van der Waals surface area contributed by atoms with Crippen LogP contribution in [0.5, 0.6) is 0 Å². The number of nitrogens with zero attached hydrogens (tertiary/aromatic N) is 2.